The van der Waals surface area contributed by atoms with Crippen molar-refractivity contribution in [2.45, 2.75) is 24.6 Å². The number of aryl methyl sites for hydroxylation is 2. The molecule has 1 aromatic carbocycles. The van der Waals surface area contributed by atoms with Crippen LogP contribution >= 0.6 is 11.8 Å². The summed E-state index contributed by atoms with van der Waals surface area (Å²) < 4.78 is 5.21. The number of para-hydroxylation sites is 1. The van der Waals surface area contributed by atoms with Crippen LogP contribution in [0, 0.1) is 13.8 Å². The standard InChI is InChI=1S/C21H18N4O2S/c1-13-17(14(2)27-25-13)12-28-21-16(8-5-11-23-21)20(26)24-18-9-3-6-15-7-4-10-22-19(15)18/h3-11H,12H2,1-2H3,(H,24,26). The van der Waals surface area contributed by atoms with Crippen LogP contribution in [0.25, 0.3) is 10.9 Å². The van der Waals surface area contributed by atoms with Gasteiger partial charge in [-0.3, -0.25) is 9.78 Å². The highest BCUT2D eigenvalue weighted by atomic mass is 32.2. The van der Waals surface area contributed by atoms with Crippen molar-refractivity contribution in [3.63, 3.8) is 0 Å². The smallest absolute Gasteiger partial charge is 0.258 e. The van der Waals surface area contributed by atoms with Crippen LogP contribution in [0.1, 0.15) is 27.4 Å². The lowest BCUT2D eigenvalue weighted by molar-refractivity contribution is 0.102. The Hall–Kier alpha value is -3.19. The van der Waals surface area contributed by atoms with E-state index in [1.54, 1.807) is 24.5 Å². The second kappa shape index (κ2) is 7.82. The van der Waals surface area contributed by atoms with Gasteiger partial charge in [-0.05, 0) is 38.1 Å². The first-order valence-electron chi connectivity index (χ1n) is 8.78. The van der Waals surface area contributed by atoms with Gasteiger partial charge in [0.2, 0.25) is 0 Å². The van der Waals surface area contributed by atoms with Gasteiger partial charge < -0.3 is 9.84 Å². The van der Waals surface area contributed by atoms with Crippen LogP contribution in [0.3, 0.4) is 0 Å². The summed E-state index contributed by atoms with van der Waals surface area (Å²) in [6, 6.07) is 13.1. The van der Waals surface area contributed by atoms with Crippen molar-refractivity contribution in [2.75, 3.05) is 5.32 Å². The molecule has 3 aromatic heterocycles. The quantitative estimate of drug-likeness (QED) is 0.494. The minimum atomic E-state index is -0.215. The van der Waals surface area contributed by atoms with E-state index in [-0.39, 0.29) is 5.91 Å². The zero-order valence-electron chi connectivity index (χ0n) is 15.5. The predicted octanol–water partition coefficient (Wildman–Crippen LogP) is 4.78. The third kappa shape index (κ3) is 3.61. The van der Waals surface area contributed by atoms with Gasteiger partial charge in [-0.1, -0.05) is 23.4 Å². The molecule has 140 valence electrons. The second-order valence-electron chi connectivity index (χ2n) is 6.28. The normalized spacial score (nSPS) is 10.9. The molecule has 0 saturated heterocycles. The van der Waals surface area contributed by atoms with Crippen LogP contribution in [-0.4, -0.2) is 21.0 Å². The first-order valence-corrected chi connectivity index (χ1v) is 9.76. The monoisotopic (exact) mass is 390 g/mol. The average Bonchev–Trinajstić information content (AvgIpc) is 3.04. The minimum Gasteiger partial charge on any atom is -0.361 e. The van der Waals surface area contributed by atoms with Crippen molar-refractivity contribution < 1.29 is 9.32 Å². The number of hydrogen-bond donors (Lipinski definition) is 1. The second-order valence-corrected chi connectivity index (χ2v) is 7.25. The Labute approximate surface area is 166 Å². The molecule has 6 nitrogen and oxygen atoms in total. The molecule has 0 spiro atoms. The molecular weight excluding hydrogens is 372 g/mol. The molecule has 0 aliphatic rings. The summed E-state index contributed by atoms with van der Waals surface area (Å²) >= 11 is 1.49. The molecule has 7 heteroatoms. The summed E-state index contributed by atoms with van der Waals surface area (Å²) in [5.74, 6) is 1.20. The minimum absolute atomic E-state index is 0.215. The maximum absolute atomic E-state index is 13.0. The lowest BCUT2D eigenvalue weighted by atomic mass is 10.2. The number of benzene rings is 1. The zero-order chi connectivity index (χ0) is 19.5. The van der Waals surface area contributed by atoms with Crippen molar-refractivity contribution in [2.24, 2.45) is 0 Å². The molecule has 0 aliphatic carbocycles. The van der Waals surface area contributed by atoms with E-state index >= 15 is 0 Å². The maximum Gasteiger partial charge on any atom is 0.258 e. The number of carbonyl (C=O) groups is 1. The highest BCUT2D eigenvalue weighted by Gasteiger charge is 2.16. The molecule has 1 N–H and O–H groups in total. The van der Waals surface area contributed by atoms with Crippen LogP contribution in [-0.2, 0) is 5.75 Å². The zero-order valence-corrected chi connectivity index (χ0v) is 16.3. The number of hydrogen-bond acceptors (Lipinski definition) is 6. The molecular formula is C21H18N4O2S. The number of rotatable bonds is 5. The fourth-order valence-corrected chi connectivity index (χ4v) is 4.07. The van der Waals surface area contributed by atoms with Crippen LogP contribution in [0.5, 0.6) is 0 Å². The lowest BCUT2D eigenvalue weighted by Gasteiger charge is -2.10. The van der Waals surface area contributed by atoms with E-state index in [2.05, 4.69) is 20.4 Å². The van der Waals surface area contributed by atoms with Gasteiger partial charge in [0.05, 0.1) is 22.5 Å². The lowest BCUT2D eigenvalue weighted by Crippen LogP contribution is -2.14. The summed E-state index contributed by atoms with van der Waals surface area (Å²) in [5.41, 5.74) is 3.84. The molecule has 4 rings (SSSR count). The van der Waals surface area contributed by atoms with Gasteiger partial charge in [-0.25, -0.2) is 4.98 Å². The van der Waals surface area contributed by atoms with Crippen molar-refractivity contribution in [3.05, 3.63) is 77.4 Å². The van der Waals surface area contributed by atoms with Crippen LogP contribution in [0.4, 0.5) is 5.69 Å². The van der Waals surface area contributed by atoms with Crippen molar-refractivity contribution in [1.82, 2.24) is 15.1 Å². The van der Waals surface area contributed by atoms with Gasteiger partial charge in [0, 0.05) is 29.1 Å². The number of carbonyl (C=O) groups excluding carboxylic acids is 1. The van der Waals surface area contributed by atoms with E-state index in [0.29, 0.717) is 22.0 Å². The molecule has 0 saturated carbocycles. The van der Waals surface area contributed by atoms with Gasteiger partial charge in [0.1, 0.15) is 10.8 Å². The number of nitrogens with zero attached hydrogens (tertiary/aromatic N) is 3. The van der Waals surface area contributed by atoms with Crippen LogP contribution in [0.2, 0.25) is 0 Å². The highest BCUT2D eigenvalue weighted by molar-refractivity contribution is 7.98. The van der Waals surface area contributed by atoms with Crippen molar-refractivity contribution in [1.29, 1.82) is 0 Å². The van der Waals surface area contributed by atoms with E-state index in [9.17, 15) is 4.79 Å². The molecule has 0 unspecified atom stereocenters. The third-order valence-corrected chi connectivity index (χ3v) is 5.46. The fourth-order valence-electron chi connectivity index (χ4n) is 2.92. The van der Waals surface area contributed by atoms with Gasteiger partial charge >= 0.3 is 0 Å². The van der Waals surface area contributed by atoms with Gasteiger partial charge in [-0.15, -0.1) is 11.8 Å². The first kappa shape index (κ1) is 18.2. The average molecular weight is 390 g/mol. The fraction of sp³-hybridized carbons (Fsp3) is 0.143. The molecule has 4 aromatic rings. The van der Waals surface area contributed by atoms with E-state index < -0.39 is 0 Å². The molecule has 0 aliphatic heterocycles. The molecule has 28 heavy (non-hydrogen) atoms. The maximum atomic E-state index is 13.0. The summed E-state index contributed by atoms with van der Waals surface area (Å²) in [6.07, 6.45) is 3.40. The summed E-state index contributed by atoms with van der Waals surface area (Å²) in [6.45, 7) is 3.79. The largest absolute Gasteiger partial charge is 0.361 e. The summed E-state index contributed by atoms with van der Waals surface area (Å²) in [7, 11) is 0. The predicted molar refractivity (Wildman–Crippen MR) is 109 cm³/mol. The van der Waals surface area contributed by atoms with Crippen LogP contribution < -0.4 is 5.32 Å². The van der Waals surface area contributed by atoms with Crippen molar-refractivity contribution >= 4 is 34.3 Å². The summed E-state index contributed by atoms with van der Waals surface area (Å²) in [5, 5.41) is 8.58. The van der Waals surface area contributed by atoms with Gasteiger partial charge in [-0.2, -0.15) is 0 Å². The molecule has 0 atom stereocenters. The topological polar surface area (TPSA) is 80.9 Å². The Bertz CT molecular complexity index is 1130. The van der Waals surface area contributed by atoms with Crippen molar-refractivity contribution in [3.8, 4) is 0 Å². The van der Waals surface area contributed by atoms with E-state index in [1.165, 1.54) is 11.8 Å². The van der Waals surface area contributed by atoms with Crippen LogP contribution in [0.15, 0.2) is 64.4 Å². The van der Waals surface area contributed by atoms with Gasteiger partial charge in [0.25, 0.3) is 5.91 Å². The molecule has 3 heterocycles. The Kier molecular flexibility index (Phi) is 5.08. The SMILES string of the molecule is Cc1noc(C)c1CSc1ncccc1C(=O)Nc1cccc2cccnc12. The Morgan fingerprint density at radius 2 is 1.86 bits per heavy atom. The molecule has 0 radical (unpaired) electrons. The molecule has 0 bridgehead atoms. The number of pyridine rings is 2. The van der Waals surface area contributed by atoms with Gasteiger partial charge in [0.15, 0.2) is 0 Å². The third-order valence-electron chi connectivity index (χ3n) is 4.43. The van der Waals surface area contributed by atoms with E-state index in [4.69, 9.17) is 4.52 Å². The Morgan fingerprint density at radius 3 is 2.68 bits per heavy atom. The number of thioether (sulfide) groups is 1. The number of fused-ring (bicyclic) bond motifs is 1. The molecule has 0 fully saturated rings. The molecule has 1 amide bonds. The van der Waals surface area contributed by atoms with E-state index in [1.807, 2.05) is 44.2 Å². The first-order chi connectivity index (χ1) is 13.6. The summed E-state index contributed by atoms with van der Waals surface area (Å²) in [4.78, 5) is 21.7. The highest BCUT2D eigenvalue weighted by Crippen LogP contribution is 2.28. The number of amides is 1. The number of anilines is 1. The van der Waals surface area contributed by atoms with E-state index in [0.717, 1.165) is 27.9 Å². The Balaban J connectivity index is 1.58. The number of nitrogens with one attached hydrogen (secondary N) is 1. The Morgan fingerprint density at radius 1 is 1.07 bits per heavy atom. The number of aromatic nitrogens is 3.